The number of amides is 1. The Morgan fingerprint density at radius 3 is 2.53 bits per heavy atom. The number of anilines is 1. The molecule has 184 valence electrons. The number of aromatic nitrogens is 3. The molecule has 3 heterocycles. The van der Waals surface area contributed by atoms with Gasteiger partial charge in [-0.25, -0.2) is 27.5 Å². The number of alkyl halides is 2. The van der Waals surface area contributed by atoms with Crippen molar-refractivity contribution in [2.45, 2.75) is 6.43 Å². The van der Waals surface area contributed by atoms with E-state index in [2.05, 4.69) is 21.5 Å². The van der Waals surface area contributed by atoms with E-state index < -0.39 is 23.9 Å². The summed E-state index contributed by atoms with van der Waals surface area (Å²) >= 11 is 6.20. The highest BCUT2D eigenvalue weighted by Gasteiger charge is 2.27. The van der Waals surface area contributed by atoms with Crippen molar-refractivity contribution in [2.24, 2.45) is 0 Å². The van der Waals surface area contributed by atoms with Crippen molar-refractivity contribution in [3.8, 4) is 11.3 Å². The van der Waals surface area contributed by atoms with Crippen LogP contribution in [0.2, 0.25) is 5.02 Å². The fourth-order valence-corrected chi connectivity index (χ4v) is 4.63. The molecule has 0 saturated carbocycles. The molecule has 0 unspecified atom stereocenters. The largest absolute Gasteiger partial charge is 0.352 e. The highest BCUT2D eigenvalue weighted by Crippen LogP contribution is 2.38. The van der Waals surface area contributed by atoms with E-state index in [1.165, 1.54) is 30.5 Å². The zero-order chi connectivity index (χ0) is 25.6. The van der Waals surface area contributed by atoms with Crippen LogP contribution in [0.4, 0.5) is 23.4 Å². The molecule has 1 fully saturated rings. The monoisotopic (exact) mass is 515 g/mol. The molecule has 36 heavy (non-hydrogen) atoms. The van der Waals surface area contributed by atoms with Crippen LogP contribution >= 0.6 is 11.6 Å². The van der Waals surface area contributed by atoms with Crippen LogP contribution in [0.3, 0.4) is 0 Å². The van der Waals surface area contributed by atoms with Gasteiger partial charge < -0.3 is 9.80 Å². The van der Waals surface area contributed by atoms with Crippen LogP contribution < -0.4 is 4.90 Å². The van der Waals surface area contributed by atoms with Gasteiger partial charge in [0.15, 0.2) is 11.6 Å². The lowest BCUT2D eigenvalue weighted by Crippen LogP contribution is -2.48. The first kappa shape index (κ1) is 23.9. The lowest BCUT2D eigenvalue weighted by atomic mass is 10.0. The van der Waals surface area contributed by atoms with Crippen molar-refractivity contribution in [2.75, 3.05) is 31.1 Å². The van der Waals surface area contributed by atoms with Crippen molar-refractivity contribution in [3.63, 3.8) is 0 Å². The van der Waals surface area contributed by atoms with Crippen LogP contribution in [0.15, 0.2) is 49.2 Å². The topological polar surface area (TPSA) is 62.2 Å². The maximum atomic E-state index is 15.9. The minimum Gasteiger partial charge on any atom is -0.352 e. The summed E-state index contributed by atoms with van der Waals surface area (Å²) in [5, 5.41) is 0.745. The Balaban J connectivity index is 1.67. The van der Waals surface area contributed by atoms with E-state index in [4.69, 9.17) is 11.6 Å². The van der Waals surface area contributed by atoms with Crippen LogP contribution in [0.5, 0.6) is 0 Å². The van der Waals surface area contributed by atoms with E-state index >= 15 is 4.39 Å². The summed E-state index contributed by atoms with van der Waals surface area (Å²) in [6.07, 6.45) is -0.531. The zero-order valence-electron chi connectivity index (χ0n) is 18.7. The lowest BCUT2D eigenvalue weighted by molar-refractivity contribution is -0.126. The van der Waals surface area contributed by atoms with Crippen LogP contribution in [0.25, 0.3) is 32.9 Å². The van der Waals surface area contributed by atoms with Gasteiger partial charge in [-0.3, -0.25) is 9.78 Å². The number of piperazine rings is 1. The molecular formula is C25H18ClF4N5O. The Labute approximate surface area is 207 Å². The number of nitrogens with zero attached hydrogens (tertiary/aromatic N) is 5. The minimum absolute atomic E-state index is 0.0981. The number of benzene rings is 2. The highest BCUT2D eigenvalue weighted by molar-refractivity contribution is 6.36. The molecule has 0 radical (unpaired) electrons. The molecule has 0 N–H and O–H groups in total. The Bertz CT molecular complexity index is 1520. The predicted octanol–water partition coefficient (Wildman–Crippen LogP) is 5.55. The third-order valence-corrected chi connectivity index (χ3v) is 6.50. The second kappa shape index (κ2) is 9.34. The Morgan fingerprint density at radius 2 is 1.83 bits per heavy atom. The van der Waals surface area contributed by atoms with Gasteiger partial charge in [0.1, 0.15) is 22.8 Å². The van der Waals surface area contributed by atoms with E-state index in [0.717, 1.165) is 0 Å². The number of rotatable bonds is 4. The Morgan fingerprint density at radius 1 is 1.08 bits per heavy atom. The molecule has 1 saturated heterocycles. The molecule has 0 spiro atoms. The number of fused-ring (bicyclic) bond motifs is 2. The summed E-state index contributed by atoms with van der Waals surface area (Å²) in [6, 6.07) is 7.56. The molecular weight excluding hydrogens is 498 g/mol. The summed E-state index contributed by atoms with van der Waals surface area (Å²) in [5.41, 5.74) is -0.340. The average molecular weight is 516 g/mol. The maximum absolute atomic E-state index is 15.9. The van der Waals surface area contributed by atoms with E-state index in [-0.39, 0.29) is 57.4 Å². The van der Waals surface area contributed by atoms with Crippen molar-refractivity contribution >= 4 is 45.0 Å². The first-order valence-corrected chi connectivity index (χ1v) is 11.4. The first-order chi connectivity index (χ1) is 17.3. The van der Waals surface area contributed by atoms with Crippen LogP contribution in [0, 0.1) is 11.6 Å². The predicted molar refractivity (Wildman–Crippen MR) is 129 cm³/mol. The third kappa shape index (κ3) is 4.01. The molecule has 0 aliphatic carbocycles. The molecule has 2 aromatic heterocycles. The van der Waals surface area contributed by atoms with Crippen LogP contribution in [-0.4, -0.2) is 51.9 Å². The molecule has 5 rings (SSSR count). The van der Waals surface area contributed by atoms with Gasteiger partial charge in [0.05, 0.1) is 10.4 Å². The number of halogens is 5. The molecule has 2 aromatic carbocycles. The second-order valence-electron chi connectivity index (χ2n) is 8.17. The summed E-state index contributed by atoms with van der Waals surface area (Å²) in [7, 11) is 0. The van der Waals surface area contributed by atoms with Gasteiger partial charge in [-0.2, -0.15) is 0 Å². The fourth-order valence-electron chi connectivity index (χ4n) is 4.36. The van der Waals surface area contributed by atoms with Crippen LogP contribution in [-0.2, 0) is 4.79 Å². The van der Waals surface area contributed by atoms with Gasteiger partial charge in [0.25, 0.3) is 6.43 Å². The molecule has 0 bridgehead atoms. The molecule has 0 atom stereocenters. The zero-order valence-corrected chi connectivity index (χ0v) is 19.4. The summed E-state index contributed by atoms with van der Waals surface area (Å²) in [4.78, 5) is 27.2. The van der Waals surface area contributed by atoms with Crippen molar-refractivity contribution in [3.05, 3.63) is 71.7 Å². The number of carbonyl (C=O) groups excluding carboxylic acids is 1. The van der Waals surface area contributed by atoms with Crippen molar-refractivity contribution in [1.82, 2.24) is 19.9 Å². The van der Waals surface area contributed by atoms with Gasteiger partial charge in [-0.05, 0) is 17.5 Å². The molecule has 6 nitrogen and oxygen atoms in total. The number of carbonyl (C=O) groups is 1. The summed E-state index contributed by atoms with van der Waals surface area (Å²) < 4.78 is 57.5. The van der Waals surface area contributed by atoms with E-state index in [0.29, 0.717) is 18.5 Å². The van der Waals surface area contributed by atoms with Gasteiger partial charge in [-0.15, -0.1) is 0 Å². The smallest absolute Gasteiger partial charge is 0.297 e. The van der Waals surface area contributed by atoms with Crippen LogP contribution in [0.1, 0.15) is 12.2 Å². The molecule has 1 aliphatic rings. The summed E-state index contributed by atoms with van der Waals surface area (Å²) in [5.74, 6) is -2.61. The Kier molecular flexibility index (Phi) is 6.21. The summed E-state index contributed by atoms with van der Waals surface area (Å²) in [6.45, 7) is 4.67. The SMILES string of the molecule is C=CC(=O)N1CCN(c2nc(C(F)F)nc3c(F)c(-c4cccc5ccc(F)c(Cl)c45)ncc23)CC1. The standard InChI is InChI=1S/C25H18ClF4N5O/c1-2-17(36)34-8-10-35(11-9-34)25-15-12-31-21(20(28)22(15)32-24(33-25)23(29)30)14-5-3-4-13-6-7-16(27)19(26)18(13)14/h2-7,12,23H,1,8-11H2. The van der Waals surface area contributed by atoms with Gasteiger partial charge in [-0.1, -0.05) is 42.4 Å². The lowest BCUT2D eigenvalue weighted by Gasteiger charge is -2.35. The molecule has 11 heteroatoms. The average Bonchev–Trinajstić information content (AvgIpc) is 2.90. The first-order valence-electron chi connectivity index (χ1n) is 11.0. The van der Waals surface area contributed by atoms with E-state index in [1.54, 1.807) is 21.9 Å². The number of hydrogen-bond acceptors (Lipinski definition) is 5. The highest BCUT2D eigenvalue weighted by atomic mass is 35.5. The molecule has 1 aliphatic heterocycles. The van der Waals surface area contributed by atoms with Gasteiger partial charge >= 0.3 is 0 Å². The Hall–Kier alpha value is -3.79. The quantitative estimate of drug-likeness (QED) is 0.263. The van der Waals surface area contributed by atoms with Gasteiger partial charge in [0.2, 0.25) is 5.91 Å². The van der Waals surface area contributed by atoms with Gasteiger partial charge in [0, 0.05) is 43.3 Å². The number of pyridine rings is 1. The van der Waals surface area contributed by atoms with E-state index in [9.17, 15) is 18.0 Å². The maximum Gasteiger partial charge on any atom is 0.297 e. The minimum atomic E-state index is -3.05. The van der Waals surface area contributed by atoms with Crippen molar-refractivity contribution < 1.29 is 22.4 Å². The fraction of sp³-hybridized carbons (Fsp3) is 0.200. The molecule has 4 aromatic rings. The number of hydrogen-bond donors (Lipinski definition) is 0. The van der Waals surface area contributed by atoms with Crippen molar-refractivity contribution in [1.29, 1.82) is 0 Å². The van der Waals surface area contributed by atoms with E-state index in [1.807, 2.05) is 0 Å². The molecule has 1 amide bonds. The second-order valence-corrected chi connectivity index (χ2v) is 8.55. The third-order valence-electron chi connectivity index (χ3n) is 6.13. The normalized spacial score (nSPS) is 14.2.